The van der Waals surface area contributed by atoms with E-state index in [4.69, 9.17) is 15.6 Å². The lowest BCUT2D eigenvalue weighted by Crippen LogP contribution is -2.39. The molecule has 0 radical (unpaired) electrons. The van der Waals surface area contributed by atoms with Gasteiger partial charge in [0.05, 0.1) is 18.0 Å². The monoisotopic (exact) mass is 552 g/mol. The number of rotatable bonds is 8. The van der Waals surface area contributed by atoms with Gasteiger partial charge >= 0.3 is 0 Å². The molecule has 2 aliphatic rings. The van der Waals surface area contributed by atoms with E-state index in [0.717, 1.165) is 25.7 Å². The van der Waals surface area contributed by atoms with Crippen molar-refractivity contribution in [2.75, 3.05) is 19.3 Å². The number of nitrogen functional groups attached to an aromatic ring is 1. The number of para-hydroxylation sites is 1. The molecule has 1 amide bonds. The Bertz CT molecular complexity index is 1690. The van der Waals surface area contributed by atoms with Crippen LogP contribution in [0.15, 0.2) is 66.5 Å². The SMILES string of the molecule is CNC1(C=C(C#N)C(=O)N2CCCC2Cn2nc(-c3ccc(Oc4ccccc4)cc3F)c3c(N)ncnc32)CC1. The highest BCUT2D eigenvalue weighted by Gasteiger charge is 2.41. The molecule has 1 saturated heterocycles. The molecule has 1 aliphatic carbocycles. The highest BCUT2D eigenvalue weighted by molar-refractivity contribution is 5.99. The smallest absolute Gasteiger partial charge is 0.264 e. The lowest BCUT2D eigenvalue weighted by Gasteiger charge is -2.25. The molecule has 2 aromatic heterocycles. The van der Waals surface area contributed by atoms with Crippen LogP contribution in [0.4, 0.5) is 10.2 Å². The summed E-state index contributed by atoms with van der Waals surface area (Å²) >= 11 is 0. The molecule has 1 atom stereocenters. The number of nitrogens with one attached hydrogen (secondary N) is 1. The van der Waals surface area contributed by atoms with E-state index in [1.54, 1.807) is 39.9 Å². The Morgan fingerprint density at radius 2 is 2.05 bits per heavy atom. The Hall–Kier alpha value is -4.82. The van der Waals surface area contributed by atoms with E-state index in [1.165, 1.54) is 12.4 Å². The van der Waals surface area contributed by atoms with Gasteiger partial charge in [-0.1, -0.05) is 18.2 Å². The lowest BCUT2D eigenvalue weighted by molar-refractivity contribution is -0.127. The van der Waals surface area contributed by atoms with E-state index >= 15 is 4.39 Å². The molecule has 0 spiro atoms. The predicted octanol–water partition coefficient (Wildman–Crippen LogP) is 4.20. The van der Waals surface area contributed by atoms with Crippen LogP contribution in [0.1, 0.15) is 25.7 Å². The zero-order chi connectivity index (χ0) is 28.6. The number of carbonyl (C=O) groups is 1. The van der Waals surface area contributed by atoms with Crippen LogP contribution in [0.2, 0.25) is 0 Å². The molecule has 11 heteroatoms. The summed E-state index contributed by atoms with van der Waals surface area (Å²) in [6, 6.07) is 15.6. The molecule has 4 aromatic rings. The molecule has 1 aliphatic heterocycles. The first-order chi connectivity index (χ1) is 19.9. The number of likely N-dealkylation sites (tertiary alicyclic amines) is 1. The van der Waals surface area contributed by atoms with Crippen LogP contribution in [0.25, 0.3) is 22.3 Å². The molecule has 0 bridgehead atoms. The number of ether oxygens (including phenoxy) is 1. The second-order valence-electron chi connectivity index (χ2n) is 10.4. The van der Waals surface area contributed by atoms with Gasteiger partial charge < -0.3 is 20.7 Å². The summed E-state index contributed by atoms with van der Waals surface area (Å²) < 4.78 is 22.9. The van der Waals surface area contributed by atoms with Crippen LogP contribution < -0.4 is 15.8 Å². The van der Waals surface area contributed by atoms with Gasteiger partial charge in [0.1, 0.15) is 46.8 Å². The second-order valence-corrected chi connectivity index (χ2v) is 10.4. The molecular formula is C30H29FN8O2. The van der Waals surface area contributed by atoms with Crippen molar-refractivity contribution in [2.24, 2.45) is 0 Å². The van der Waals surface area contributed by atoms with Crippen LogP contribution in [-0.2, 0) is 11.3 Å². The van der Waals surface area contributed by atoms with E-state index in [9.17, 15) is 10.1 Å². The van der Waals surface area contributed by atoms with Gasteiger partial charge in [0.25, 0.3) is 5.91 Å². The maximum absolute atomic E-state index is 15.5. The minimum Gasteiger partial charge on any atom is -0.457 e. The van der Waals surface area contributed by atoms with Gasteiger partial charge in [0.2, 0.25) is 0 Å². The Labute approximate surface area is 236 Å². The maximum atomic E-state index is 15.5. The molecule has 6 rings (SSSR count). The first-order valence-corrected chi connectivity index (χ1v) is 13.5. The predicted molar refractivity (Wildman–Crippen MR) is 151 cm³/mol. The number of benzene rings is 2. The van der Waals surface area contributed by atoms with Crippen molar-refractivity contribution in [3.8, 4) is 28.8 Å². The Morgan fingerprint density at radius 1 is 1.24 bits per heavy atom. The molecule has 208 valence electrons. The average Bonchev–Trinajstić information content (AvgIpc) is 3.44. The fourth-order valence-corrected chi connectivity index (χ4v) is 5.39. The number of fused-ring (bicyclic) bond motifs is 1. The molecule has 41 heavy (non-hydrogen) atoms. The van der Waals surface area contributed by atoms with Crippen molar-refractivity contribution < 1.29 is 13.9 Å². The largest absolute Gasteiger partial charge is 0.457 e. The highest BCUT2D eigenvalue weighted by atomic mass is 19.1. The van der Waals surface area contributed by atoms with Crippen molar-refractivity contribution >= 4 is 22.8 Å². The summed E-state index contributed by atoms with van der Waals surface area (Å²) in [6.07, 6.45) is 6.42. The van der Waals surface area contributed by atoms with E-state index in [0.29, 0.717) is 41.3 Å². The highest BCUT2D eigenvalue weighted by Crippen LogP contribution is 2.38. The standard InChI is InChI=1S/C30H29FN8O2/c1-34-30(11-12-30)15-19(16-32)29(40)38-13-5-6-20(38)17-39-28-25(27(33)35-18-36-28)26(37-39)23-10-9-22(14-24(23)31)41-21-7-3-2-4-8-21/h2-4,7-10,14-15,18,20,34H,5-6,11-13,17H2,1H3,(H2,33,35,36). The third-order valence-electron chi connectivity index (χ3n) is 7.81. The van der Waals surface area contributed by atoms with Gasteiger partial charge in [-0.3, -0.25) is 4.79 Å². The third-order valence-corrected chi connectivity index (χ3v) is 7.81. The minimum absolute atomic E-state index is 0.140. The van der Waals surface area contributed by atoms with Crippen LogP contribution >= 0.6 is 0 Å². The third kappa shape index (κ3) is 5.10. The fraction of sp³-hybridized carbons (Fsp3) is 0.300. The first-order valence-electron chi connectivity index (χ1n) is 13.5. The van der Waals surface area contributed by atoms with Crippen molar-refractivity contribution in [1.29, 1.82) is 5.26 Å². The van der Waals surface area contributed by atoms with Gasteiger partial charge in [-0.15, -0.1) is 0 Å². The number of hydrogen-bond donors (Lipinski definition) is 2. The number of nitrogens with zero attached hydrogens (tertiary/aromatic N) is 6. The van der Waals surface area contributed by atoms with Crippen molar-refractivity contribution in [2.45, 2.75) is 43.8 Å². The number of aromatic nitrogens is 4. The summed E-state index contributed by atoms with van der Waals surface area (Å²) in [5.74, 6) is 0.292. The zero-order valence-electron chi connectivity index (χ0n) is 22.5. The van der Waals surface area contributed by atoms with Gasteiger partial charge in [-0.05, 0) is 63.1 Å². The van der Waals surface area contributed by atoms with E-state index in [1.807, 2.05) is 25.2 Å². The molecule has 2 fully saturated rings. The van der Waals surface area contributed by atoms with Crippen LogP contribution in [0, 0.1) is 17.1 Å². The first kappa shape index (κ1) is 26.4. The number of carbonyl (C=O) groups excluding carboxylic acids is 1. The molecule has 3 N–H and O–H groups in total. The minimum atomic E-state index is -0.534. The number of halogens is 1. The molecule has 10 nitrogen and oxygen atoms in total. The topological polar surface area (TPSA) is 135 Å². The Morgan fingerprint density at radius 3 is 2.76 bits per heavy atom. The van der Waals surface area contributed by atoms with Crippen LogP contribution in [0.5, 0.6) is 11.5 Å². The summed E-state index contributed by atoms with van der Waals surface area (Å²) in [6.45, 7) is 0.848. The lowest BCUT2D eigenvalue weighted by atomic mass is 10.1. The van der Waals surface area contributed by atoms with Crippen LogP contribution in [0.3, 0.4) is 0 Å². The number of likely N-dealkylation sites (N-methyl/N-ethyl adjacent to an activating group) is 1. The molecule has 3 heterocycles. The van der Waals surface area contributed by atoms with Gasteiger partial charge in [-0.25, -0.2) is 19.0 Å². The Balaban J connectivity index is 1.31. The number of nitrogens with two attached hydrogens (primary N) is 1. The number of anilines is 1. The van der Waals surface area contributed by atoms with Crippen molar-refractivity contribution in [1.82, 2.24) is 30.0 Å². The van der Waals surface area contributed by atoms with Crippen molar-refractivity contribution in [3.05, 3.63) is 72.3 Å². The summed E-state index contributed by atoms with van der Waals surface area (Å²) in [5, 5.41) is 18.1. The Kier molecular flexibility index (Phi) is 6.85. The number of nitriles is 1. The average molecular weight is 553 g/mol. The summed E-state index contributed by atoms with van der Waals surface area (Å²) in [5.41, 5.74) is 7.09. The summed E-state index contributed by atoms with van der Waals surface area (Å²) in [4.78, 5) is 23.7. The second kappa shape index (κ2) is 10.6. The molecular weight excluding hydrogens is 523 g/mol. The summed E-state index contributed by atoms with van der Waals surface area (Å²) in [7, 11) is 1.84. The van der Waals surface area contributed by atoms with E-state index in [2.05, 4.69) is 21.4 Å². The number of amides is 1. The normalized spacial score (nSPS) is 17.9. The molecule has 1 saturated carbocycles. The van der Waals surface area contributed by atoms with Crippen LogP contribution in [-0.4, -0.2) is 55.7 Å². The van der Waals surface area contributed by atoms with Gasteiger partial charge in [0, 0.05) is 23.7 Å². The van der Waals surface area contributed by atoms with E-state index < -0.39 is 5.82 Å². The maximum Gasteiger partial charge on any atom is 0.264 e. The fourth-order valence-electron chi connectivity index (χ4n) is 5.39. The zero-order valence-corrected chi connectivity index (χ0v) is 22.5. The number of hydrogen-bond acceptors (Lipinski definition) is 8. The molecule has 1 unspecified atom stereocenters. The van der Waals surface area contributed by atoms with Crippen molar-refractivity contribution in [3.63, 3.8) is 0 Å². The quantitative estimate of drug-likeness (QED) is 0.245. The van der Waals surface area contributed by atoms with E-state index in [-0.39, 0.29) is 34.4 Å². The van der Waals surface area contributed by atoms with Gasteiger partial charge in [-0.2, -0.15) is 10.4 Å². The molecule has 2 aromatic carbocycles. The van der Waals surface area contributed by atoms with Gasteiger partial charge in [0.15, 0.2) is 5.65 Å².